The van der Waals surface area contributed by atoms with Gasteiger partial charge >= 0.3 is 0 Å². The van der Waals surface area contributed by atoms with E-state index in [1.807, 2.05) is 55.5 Å². The summed E-state index contributed by atoms with van der Waals surface area (Å²) in [5, 5.41) is 1.34. The number of rotatable bonds is 3. The lowest BCUT2D eigenvalue weighted by molar-refractivity contribution is 0.340. The number of aromatic nitrogens is 2. The van der Waals surface area contributed by atoms with Crippen molar-refractivity contribution in [2.75, 3.05) is 6.61 Å². The van der Waals surface area contributed by atoms with Crippen LogP contribution in [0.5, 0.6) is 5.75 Å². The van der Waals surface area contributed by atoms with Crippen LogP contribution in [0.2, 0.25) is 5.15 Å². The van der Waals surface area contributed by atoms with E-state index in [9.17, 15) is 0 Å². The Morgan fingerprint density at radius 3 is 2.50 bits per heavy atom. The van der Waals surface area contributed by atoms with Crippen LogP contribution < -0.4 is 4.74 Å². The molecule has 0 bridgehead atoms. The van der Waals surface area contributed by atoms with Crippen LogP contribution in [0.1, 0.15) is 6.92 Å². The molecule has 3 aromatic rings. The first-order valence-electron chi connectivity index (χ1n) is 6.43. The minimum atomic E-state index is 0.472. The van der Waals surface area contributed by atoms with Gasteiger partial charge in [0.1, 0.15) is 10.9 Å². The Morgan fingerprint density at radius 2 is 1.75 bits per heavy atom. The summed E-state index contributed by atoms with van der Waals surface area (Å²) < 4.78 is 5.42. The van der Waals surface area contributed by atoms with Crippen LogP contribution in [-0.4, -0.2) is 16.6 Å². The number of hydrogen-bond donors (Lipinski definition) is 0. The molecule has 0 unspecified atom stereocenters. The van der Waals surface area contributed by atoms with Gasteiger partial charge in [-0.3, -0.25) is 0 Å². The minimum absolute atomic E-state index is 0.472. The summed E-state index contributed by atoms with van der Waals surface area (Å²) in [5.74, 6) is 1.46. The van der Waals surface area contributed by atoms with Crippen molar-refractivity contribution in [1.29, 1.82) is 0 Å². The minimum Gasteiger partial charge on any atom is -0.494 e. The van der Waals surface area contributed by atoms with Crippen LogP contribution in [0.4, 0.5) is 0 Å². The molecule has 3 rings (SSSR count). The van der Waals surface area contributed by atoms with E-state index in [0.717, 1.165) is 22.2 Å². The van der Waals surface area contributed by atoms with Crippen LogP contribution >= 0.6 is 11.6 Å². The lowest BCUT2D eigenvalue weighted by Crippen LogP contribution is -1.93. The second-order valence-electron chi connectivity index (χ2n) is 4.31. The van der Waals surface area contributed by atoms with E-state index in [2.05, 4.69) is 9.97 Å². The van der Waals surface area contributed by atoms with Crippen molar-refractivity contribution in [3.05, 3.63) is 53.7 Å². The molecular weight excluding hydrogens is 272 g/mol. The molecule has 0 aliphatic carbocycles. The fraction of sp³-hybridized carbons (Fsp3) is 0.125. The maximum absolute atomic E-state index is 6.22. The fourth-order valence-corrected chi connectivity index (χ4v) is 2.27. The largest absolute Gasteiger partial charge is 0.494 e. The number of nitrogens with zero attached hydrogens (tertiary/aromatic N) is 2. The number of halogens is 1. The van der Waals surface area contributed by atoms with Crippen molar-refractivity contribution in [3.63, 3.8) is 0 Å². The van der Waals surface area contributed by atoms with Gasteiger partial charge in [0.05, 0.1) is 12.1 Å². The molecule has 0 amide bonds. The molecule has 0 N–H and O–H groups in total. The monoisotopic (exact) mass is 284 g/mol. The quantitative estimate of drug-likeness (QED) is 0.671. The highest BCUT2D eigenvalue weighted by atomic mass is 35.5. The van der Waals surface area contributed by atoms with Crippen LogP contribution in [0, 0.1) is 0 Å². The summed E-state index contributed by atoms with van der Waals surface area (Å²) in [6, 6.07) is 15.4. The number of para-hydroxylation sites is 1. The Kier molecular flexibility index (Phi) is 3.52. The number of ether oxygens (including phenoxy) is 1. The molecule has 100 valence electrons. The molecule has 0 aliphatic rings. The van der Waals surface area contributed by atoms with Gasteiger partial charge in [0.2, 0.25) is 0 Å². The summed E-state index contributed by atoms with van der Waals surface area (Å²) in [6.07, 6.45) is 0. The highest BCUT2D eigenvalue weighted by molar-refractivity contribution is 6.34. The van der Waals surface area contributed by atoms with Crippen molar-refractivity contribution in [2.24, 2.45) is 0 Å². The first-order valence-corrected chi connectivity index (χ1v) is 6.81. The fourth-order valence-electron chi connectivity index (χ4n) is 2.03. The Bertz CT molecular complexity index is 741. The van der Waals surface area contributed by atoms with Crippen molar-refractivity contribution < 1.29 is 4.74 Å². The average Bonchev–Trinajstić information content (AvgIpc) is 2.48. The van der Waals surface area contributed by atoms with E-state index >= 15 is 0 Å². The average molecular weight is 285 g/mol. The number of hydrogen-bond acceptors (Lipinski definition) is 3. The third kappa shape index (κ3) is 2.45. The molecule has 0 atom stereocenters. The Balaban J connectivity index is 2.05. The Hall–Kier alpha value is -2.13. The topological polar surface area (TPSA) is 35.0 Å². The zero-order valence-corrected chi connectivity index (χ0v) is 11.8. The van der Waals surface area contributed by atoms with E-state index in [1.54, 1.807) is 0 Å². The lowest BCUT2D eigenvalue weighted by Gasteiger charge is -2.06. The zero-order valence-electron chi connectivity index (χ0n) is 11.0. The smallest absolute Gasteiger partial charge is 0.161 e. The van der Waals surface area contributed by atoms with Crippen LogP contribution in [0.3, 0.4) is 0 Å². The highest BCUT2D eigenvalue weighted by Crippen LogP contribution is 2.25. The SMILES string of the molecule is CCOc1ccc(-c2nc(Cl)c3ccccc3n2)cc1. The molecule has 0 radical (unpaired) electrons. The third-order valence-electron chi connectivity index (χ3n) is 2.98. The number of benzene rings is 2. The molecule has 2 aromatic carbocycles. The molecule has 3 nitrogen and oxygen atoms in total. The molecule has 0 saturated heterocycles. The van der Waals surface area contributed by atoms with Gasteiger partial charge in [-0.25, -0.2) is 9.97 Å². The maximum Gasteiger partial charge on any atom is 0.161 e. The van der Waals surface area contributed by atoms with Gasteiger partial charge in [-0.05, 0) is 43.3 Å². The van der Waals surface area contributed by atoms with E-state index in [4.69, 9.17) is 16.3 Å². The van der Waals surface area contributed by atoms with Crippen molar-refractivity contribution in [2.45, 2.75) is 6.92 Å². The van der Waals surface area contributed by atoms with E-state index in [1.165, 1.54) is 0 Å². The van der Waals surface area contributed by atoms with Gasteiger partial charge in [0, 0.05) is 10.9 Å². The van der Waals surface area contributed by atoms with E-state index in [-0.39, 0.29) is 0 Å². The first kappa shape index (κ1) is 12.9. The molecule has 0 saturated carbocycles. The first-order chi connectivity index (χ1) is 9.78. The summed E-state index contributed by atoms with van der Waals surface area (Å²) in [7, 11) is 0. The Labute approximate surface area is 122 Å². The van der Waals surface area contributed by atoms with Crippen molar-refractivity contribution in [3.8, 4) is 17.1 Å². The lowest BCUT2D eigenvalue weighted by atomic mass is 10.2. The van der Waals surface area contributed by atoms with Gasteiger partial charge < -0.3 is 4.74 Å². The predicted molar refractivity (Wildman–Crippen MR) is 81.2 cm³/mol. The zero-order chi connectivity index (χ0) is 13.9. The predicted octanol–water partition coefficient (Wildman–Crippen LogP) is 4.35. The summed E-state index contributed by atoms with van der Waals surface area (Å²) in [5.41, 5.74) is 1.76. The van der Waals surface area contributed by atoms with Crippen LogP contribution in [0.25, 0.3) is 22.3 Å². The van der Waals surface area contributed by atoms with Crippen LogP contribution in [0.15, 0.2) is 48.5 Å². The Morgan fingerprint density at radius 1 is 1.00 bits per heavy atom. The highest BCUT2D eigenvalue weighted by Gasteiger charge is 2.07. The van der Waals surface area contributed by atoms with Gasteiger partial charge in [0.15, 0.2) is 5.82 Å². The summed E-state index contributed by atoms with van der Waals surface area (Å²) in [4.78, 5) is 8.91. The van der Waals surface area contributed by atoms with Gasteiger partial charge in [-0.2, -0.15) is 0 Å². The van der Waals surface area contributed by atoms with E-state index < -0.39 is 0 Å². The van der Waals surface area contributed by atoms with Gasteiger partial charge in [0.25, 0.3) is 0 Å². The summed E-state index contributed by atoms with van der Waals surface area (Å²) >= 11 is 6.22. The molecule has 0 fully saturated rings. The summed E-state index contributed by atoms with van der Waals surface area (Å²) in [6.45, 7) is 2.61. The molecule has 0 spiro atoms. The second kappa shape index (κ2) is 5.47. The molecule has 20 heavy (non-hydrogen) atoms. The van der Waals surface area contributed by atoms with Gasteiger partial charge in [-0.15, -0.1) is 0 Å². The van der Waals surface area contributed by atoms with Crippen molar-refractivity contribution >= 4 is 22.5 Å². The molecule has 0 aliphatic heterocycles. The molecule has 1 aromatic heterocycles. The standard InChI is InChI=1S/C16H13ClN2O/c1-2-20-12-9-7-11(8-10-12)16-18-14-6-4-3-5-13(14)15(17)19-16/h3-10H,2H2,1H3. The molecular formula is C16H13ClN2O. The maximum atomic E-state index is 6.22. The van der Waals surface area contributed by atoms with E-state index in [0.29, 0.717) is 17.6 Å². The second-order valence-corrected chi connectivity index (χ2v) is 4.67. The normalized spacial score (nSPS) is 10.7. The van der Waals surface area contributed by atoms with Crippen LogP contribution in [-0.2, 0) is 0 Å². The van der Waals surface area contributed by atoms with Crippen molar-refractivity contribution in [1.82, 2.24) is 9.97 Å². The molecule has 4 heteroatoms. The van der Waals surface area contributed by atoms with Gasteiger partial charge in [-0.1, -0.05) is 23.7 Å². The third-order valence-corrected chi connectivity index (χ3v) is 3.27. The number of fused-ring (bicyclic) bond motifs is 1. The molecule has 1 heterocycles.